The summed E-state index contributed by atoms with van der Waals surface area (Å²) in [5.41, 5.74) is 1.07. The summed E-state index contributed by atoms with van der Waals surface area (Å²) in [6.07, 6.45) is 0.902. The first-order valence-corrected chi connectivity index (χ1v) is 3.59. The van der Waals surface area contributed by atoms with Crippen LogP contribution in [0.2, 0.25) is 5.02 Å². The number of phenols is 1. The molecule has 0 aromatic heterocycles. The summed E-state index contributed by atoms with van der Waals surface area (Å²) in [7, 11) is 0. The smallest absolute Gasteiger partial charge is 0.117 e. The Bertz CT molecular complexity index is 233. The standard InChI is InChI=1S/C8H9ClO/c1-2-6-3-4-7(10)5-8(6)9/h3-5,10H,2H2,1H3. The third kappa shape index (κ3) is 1.42. The number of rotatable bonds is 1. The van der Waals surface area contributed by atoms with Gasteiger partial charge in [-0.15, -0.1) is 0 Å². The van der Waals surface area contributed by atoms with Gasteiger partial charge in [-0.05, 0) is 24.1 Å². The zero-order valence-electron chi connectivity index (χ0n) is 5.76. The van der Waals surface area contributed by atoms with Gasteiger partial charge in [0.05, 0.1) is 0 Å². The molecule has 0 bridgehead atoms. The summed E-state index contributed by atoms with van der Waals surface area (Å²) in [6, 6.07) is 5.03. The molecule has 0 aliphatic rings. The van der Waals surface area contributed by atoms with Gasteiger partial charge in [0.2, 0.25) is 0 Å². The quantitative estimate of drug-likeness (QED) is 0.663. The summed E-state index contributed by atoms with van der Waals surface area (Å²) in [5.74, 6) is 0.224. The maximum atomic E-state index is 8.95. The minimum atomic E-state index is 0.224. The molecule has 0 amide bonds. The van der Waals surface area contributed by atoms with Crippen LogP contribution in [0.5, 0.6) is 5.75 Å². The Morgan fingerprint density at radius 2 is 2.20 bits per heavy atom. The fraction of sp³-hybridized carbons (Fsp3) is 0.250. The first-order valence-electron chi connectivity index (χ1n) is 3.21. The van der Waals surface area contributed by atoms with Crippen LogP contribution in [0, 0.1) is 0 Å². The third-order valence-electron chi connectivity index (χ3n) is 1.42. The van der Waals surface area contributed by atoms with Crippen molar-refractivity contribution in [2.75, 3.05) is 0 Å². The first kappa shape index (κ1) is 7.42. The SMILES string of the molecule is CCc1ccc(O)cc1Cl. The molecule has 1 aromatic carbocycles. The Morgan fingerprint density at radius 1 is 1.50 bits per heavy atom. The van der Waals surface area contributed by atoms with E-state index in [0.717, 1.165) is 12.0 Å². The first-order chi connectivity index (χ1) is 4.74. The number of hydrogen-bond donors (Lipinski definition) is 1. The second kappa shape index (κ2) is 2.93. The van der Waals surface area contributed by atoms with Crippen LogP contribution >= 0.6 is 11.6 Å². The number of benzene rings is 1. The van der Waals surface area contributed by atoms with Crippen LogP contribution in [-0.2, 0) is 6.42 Å². The molecule has 0 spiro atoms. The van der Waals surface area contributed by atoms with E-state index in [-0.39, 0.29) is 5.75 Å². The van der Waals surface area contributed by atoms with Gasteiger partial charge < -0.3 is 5.11 Å². The van der Waals surface area contributed by atoms with Crippen molar-refractivity contribution in [1.82, 2.24) is 0 Å². The van der Waals surface area contributed by atoms with Crippen LogP contribution in [0.1, 0.15) is 12.5 Å². The maximum absolute atomic E-state index is 8.95. The molecule has 54 valence electrons. The molecule has 0 radical (unpaired) electrons. The van der Waals surface area contributed by atoms with Gasteiger partial charge >= 0.3 is 0 Å². The molecule has 0 unspecified atom stereocenters. The third-order valence-corrected chi connectivity index (χ3v) is 1.77. The minimum Gasteiger partial charge on any atom is -0.508 e. The number of aryl methyl sites for hydroxylation is 1. The van der Waals surface area contributed by atoms with Crippen molar-refractivity contribution in [3.63, 3.8) is 0 Å². The van der Waals surface area contributed by atoms with E-state index in [0.29, 0.717) is 5.02 Å². The van der Waals surface area contributed by atoms with Crippen molar-refractivity contribution in [2.24, 2.45) is 0 Å². The maximum Gasteiger partial charge on any atom is 0.117 e. The molecule has 0 heterocycles. The molecule has 0 aliphatic heterocycles. The van der Waals surface area contributed by atoms with E-state index in [4.69, 9.17) is 16.7 Å². The molecule has 0 atom stereocenters. The average Bonchev–Trinajstić information content (AvgIpc) is 1.88. The molecule has 0 saturated carbocycles. The largest absolute Gasteiger partial charge is 0.508 e. The van der Waals surface area contributed by atoms with Crippen molar-refractivity contribution in [2.45, 2.75) is 13.3 Å². The van der Waals surface area contributed by atoms with E-state index in [1.807, 2.05) is 13.0 Å². The number of hydrogen-bond acceptors (Lipinski definition) is 1. The van der Waals surface area contributed by atoms with Gasteiger partial charge in [0.1, 0.15) is 5.75 Å². The normalized spacial score (nSPS) is 9.80. The molecule has 10 heavy (non-hydrogen) atoms. The molecule has 0 aliphatic carbocycles. The zero-order valence-corrected chi connectivity index (χ0v) is 6.52. The van der Waals surface area contributed by atoms with Crippen molar-refractivity contribution in [3.8, 4) is 5.75 Å². The highest BCUT2D eigenvalue weighted by Crippen LogP contribution is 2.21. The lowest BCUT2D eigenvalue weighted by Gasteiger charge is -1.99. The molecule has 0 fully saturated rings. The zero-order chi connectivity index (χ0) is 7.56. The molecule has 1 N–H and O–H groups in total. The lowest BCUT2D eigenvalue weighted by molar-refractivity contribution is 0.475. The van der Waals surface area contributed by atoms with Crippen LogP contribution in [0.15, 0.2) is 18.2 Å². The van der Waals surface area contributed by atoms with E-state index in [1.54, 1.807) is 12.1 Å². The van der Waals surface area contributed by atoms with Crippen molar-refractivity contribution >= 4 is 11.6 Å². The number of phenolic OH excluding ortho intramolecular Hbond substituents is 1. The second-order valence-electron chi connectivity index (χ2n) is 2.13. The molecule has 1 nitrogen and oxygen atoms in total. The van der Waals surface area contributed by atoms with Crippen molar-refractivity contribution in [1.29, 1.82) is 0 Å². The fourth-order valence-corrected chi connectivity index (χ4v) is 1.13. The van der Waals surface area contributed by atoms with Gasteiger partial charge in [-0.3, -0.25) is 0 Å². The molecular weight excluding hydrogens is 148 g/mol. The Balaban J connectivity index is 3.07. The van der Waals surface area contributed by atoms with Gasteiger partial charge in [-0.2, -0.15) is 0 Å². The van der Waals surface area contributed by atoms with E-state index < -0.39 is 0 Å². The van der Waals surface area contributed by atoms with E-state index in [1.165, 1.54) is 0 Å². The lowest BCUT2D eigenvalue weighted by atomic mass is 10.2. The Hall–Kier alpha value is -0.690. The van der Waals surface area contributed by atoms with E-state index in [2.05, 4.69) is 0 Å². The predicted octanol–water partition coefficient (Wildman–Crippen LogP) is 2.61. The van der Waals surface area contributed by atoms with Crippen LogP contribution in [0.25, 0.3) is 0 Å². The van der Waals surface area contributed by atoms with Gasteiger partial charge in [-0.1, -0.05) is 24.6 Å². The molecule has 1 rings (SSSR count). The average molecular weight is 157 g/mol. The summed E-state index contributed by atoms with van der Waals surface area (Å²) >= 11 is 5.77. The monoisotopic (exact) mass is 156 g/mol. The van der Waals surface area contributed by atoms with Crippen molar-refractivity contribution < 1.29 is 5.11 Å². The Kier molecular flexibility index (Phi) is 2.17. The molecule has 2 heteroatoms. The predicted molar refractivity (Wildman–Crippen MR) is 42.5 cm³/mol. The highest BCUT2D eigenvalue weighted by Gasteiger charge is 1.96. The topological polar surface area (TPSA) is 20.2 Å². The van der Waals surface area contributed by atoms with Gasteiger partial charge in [0.25, 0.3) is 0 Å². The van der Waals surface area contributed by atoms with Crippen LogP contribution in [-0.4, -0.2) is 5.11 Å². The molecule has 0 saturated heterocycles. The van der Waals surface area contributed by atoms with Crippen LogP contribution in [0.3, 0.4) is 0 Å². The highest BCUT2D eigenvalue weighted by molar-refractivity contribution is 6.31. The van der Waals surface area contributed by atoms with Crippen molar-refractivity contribution in [3.05, 3.63) is 28.8 Å². The van der Waals surface area contributed by atoms with Gasteiger partial charge in [-0.25, -0.2) is 0 Å². The number of aromatic hydroxyl groups is 1. The van der Waals surface area contributed by atoms with E-state index >= 15 is 0 Å². The van der Waals surface area contributed by atoms with Gasteiger partial charge in [0.15, 0.2) is 0 Å². The van der Waals surface area contributed by atoms with E-state index in [9.17, 15) is 0 Å². The fourth-order valence-electron chi connectivity index (χ4n) is 0.823. The van der Waals surface area contributed by atoms with Gasteiger partial charge in [0, 0.05) is 5.02 Å². The van der Waals surface area contributed by atoms with Crippen LogP contribution < -0.4 is 0 Å². The number of halogens is 1. The van der Waals surface area contributed by atoms with Crippen LogP contribution in [0.4, 0.5) is 0 Å². The summed E-state index contributed by atoms with van der Waals surface area (Å²) in [5, 5.41) is 9.59. The Labute approximate surface area is 65.3 Å². The lowest BCUT2D eigenvalue weighted by Crippen LogP contribution is -1.79. The highest BCUT2D eigenvalue weighted by atomic mass is 35.5. The summed E-state index contributed by atoms with van der Waals surface area (Å²) < 4.78 is 0. The summed E-state index contributed by atoms with van der Waals surface area (Å²) in [4.78, 5) is 0. The molecule has 1 aromatic rings. The minimum absolute atomic E-state index is 0.224. The Morgan fingerprint density at radius 3 is 2.70 bits per heavy atom. The molecular formula is C8H9ClO. The summed E-state index contributed by atoms with van der Waals surface area (Å²) in [6.45, 7) is 2.03. The second-order valence-corrected chi connectivity index (χ2v) is 2.54.